The molecule has 8 aliphatic carbocycles. The molecule has 1 aliphatic heterocycles. The number of hydrogen-bond donors (Lipinski definition) is 2. The van der Waals surface area contributed by atoms with Crippen LogP contribution in [0.2, 0.25) is 0 Å². The van der Waals surface area contributed by atoms with Gasteiger partial charge in [-0.2, -0.15) is 0 Å². The average Bonchev–Trinajstić information content (AvgIpc) is 3.44. The van der Waals surface area contributed by atoms with E-state index in [0.717, 1.165) is 75.5 Å². The van der Waals surface area contributed by atoms with Gasteiger partial charge in [-0.05, 0) is 220 Å². The zero-order valence-electron chi connectivity index (χ0n) is 35.6. The number of carbonyl (C=O) groups excluding carboxylic acids is 1. The Morgan fingerprint density at radius 2 is 1.33 bits per heavy atom. The second kappa shape index (κ2) is 15.3. The Balaban J connectivity index is 0.769. The first-order chi connectivity index (χ1) is 27.6. The molecule has 8 bridgehead atoms. The molecule has 0 radical (unpaired) electrons. The molecular weight excluding hydrogens is 703 g/mol. The van der Waals surface area contributed by atoms with Crippen molar-refractivity contribution >= 4 is 16.8 Å². The van der Waals surface area contributed by atoms with Gasteiger partial charge in [0.15, 0.2) is 0 Å². The number of piperidine rings is 1. The number of fused-ring (bicyclic) bond motifs is 1. The lowest BCUT2D eigenvalue weighted by Crippen LogP contribution is -2.49. The maximum Gasteiger partial charge on any atom is 0.254 e. The van der Waals surface area contributed by atoms with Crippen molar-refractivity contribution in [2.75, 3.05) is 39.3 Å². The van der Waals surface area contributed by atoms with Gasteiger partial charge in [-0.25, -0.2) is 0 Å². The summed E-state index contributed by atoms with van der Waals surface area (Å²) in [7, 11) is 0. The van der Waals surface area contributed by atoms with Gasteiger partial charge in [0.05, 0.1) is 5.56 Å². The van der Waals surface area contributed by atoms with Crippen molar-refractivity contribution < 1.29 is 4.79 Å². The molecule has 3 aromatic rings. The van der Waals surface area contributed by atoms with Gasteiger partial charge in [0, 0.05) is 54.0 Å². The van der Waals surface area contributed by atoms with Crippen molar-refractivity contribution in [3.05, 3.63) is 68.8 Å². The summed E-state index contributed by atoms with van der Waals surface area (Å²) in [6, 6.07) is 10.3. The third kappa shape index (κ3) is 7.71. The van der Waals surface area contributed by atoms with E-state index in [2.05, 4.69) is 49.8 Å². The Bertz CT molecular complexity index is 1900. The lowest BCUT2D eigenvalue weighted by atomic mass is 9.48. The molecule has 1 saturated heterocycles. The van der Waals surface area contributed by atoms with Gasteiger partial charge in [0.25, 0.3) is 11.5 Å². The smallest absolute Gasteiger partial charge is 0.254 e. The standard InChI is InChI=1S/C50H71N5O2/c1-33-18-34(2)52-47(56)44(33)31-51-48(57)46-35(3)55(45-7-5-4-6-43(45)46)32-36-8-12-53(13-9-36)16-17-54(14-10-49-25-37-19-38(26-49)21-39(20-37)27-49)15-11-50-28-40-22-41(29-50)24-42(23-40)30-50/h4-7,18,36-42H,8-17,19-32H2,1-3H3,(H,51,57)(H,52,56). The first-order valence-electron chi connectivity index (χ1n) is 23.6. The number of hydrogen-bond acceptors (Lipinski definition) is 4. The van der Waals surface area contributed by atoms with E-state index in [1.807, 2.05) is 26.0 Å². The highest BCUT2D eigenvalue weighted by Crippen LogP contribution is 2.62. The predicted molar refractivity (Wildman–Crippen MR) is 230 cm³/mol. The summed E-state index contributed by atoms with van der Waals surface area (Å²) in [5.74, 6) is 6.81. The number of nitrogens with one attached hydrogen (secondary N) is 2. The van der Waals surface area contributed by atoms with E-state index in [9.17, 15) is 9.59 Å². The lowest BCUT2D eigenvalue weighted by molar-refractivity contribution is -0.0686. The second-order valence-corrected chi connectivity index (χ2v) is 21.7. The van der Waals surface area contributed by atoms with Crippen LogP contribution in [0.15, 0.2) is 35.1 Å². The van der Waals surface area contributed by atoms with Crippen LogP contribution < -0.4 is 10.9 Å². The highest BCUT2D eigenvalue weighted by Gasteiger charge is 2.52. The minimum atomic E-state index is -0.124. The average molecular weight is 774 g/mol. The molecule has 0 atom stereocenters. The molecule has 0 unspecified atom stereocenters. The van der Waals surface area contributed by atoms with Crippen LogP contribution >= 0.6 is 0 Å². The van der Waals surface area contributed by atoms with Crippen molar-refractivity contribution in [2.24, 2.45) is 52.3 Å². The van der Waals surface area contributed by atoms with Crippen LogP contribution in [0.25, 0.3) is 10.9 Å². The number of H-pyrrole nitrogens is 1. The maximum absolute atomic E-state index is 13.8. The Morgan fingerprint density at radius 1 is 0.789 bits per heavy atom. The first kappa shape index (κ1) is 38.3. The minimum absolute atomic E-state index is 0.104. The summed E-state index contributed by atoms with van der Waals surface area (Å²) in [6.07, 6.45) is 24.0. The van der Waals surface area contributed by atoms with Crippen molar-refractivity contribution in [1.82, 2.24) is 24.7 Å². The van der Waals surface area contributed by atoms with E-state index in [4.69, 9.17) is 0 Å². The molecule has 308 valence electrons. The number of pyridine rings is 1. The number of nitrogens with zero attached hydrogens (tertiary/aromatic N) is 3. The molecule has 2 N–H and O–H groups in total. The molecule has 7 heteroatoms. The van der Waals surface area contributed by atoms with E-state index in [0.29, 0.717) is 22.3 Å². The molecule has 7 nitrogen and oxygen atoms in total. The van der Waals surface area contributed by atoms with Crippen molar-refractivity contribution in [3.8, 4) is 0 Å². The summed E-state index contributed by atoms with van der Waals surface area (Å²) in [4.78, 5) is 35.1. The monoisotopic (exact) mass is 774 g/mol. The Morgan fingerprint density at radius 3 is 1.88 bits per heavy atom. The number of amides is 1. The number of aromatic nitrogens is 2. The first-order valence-corrected chi connectivity index (χ1v) is 23.6. The molecule has 12 rings (SSSR count). The molecule has 1 aromatic carbocycles. The fourth-order valence-corrected chi connectivity index (χ4v) is 15.6. The summed E-state index contributed by atoms with van der Waals surface area (Å²) in [6.45, 7) is 14.6. The van der Waals surface area contributed by atoms with Crippen LogP contribution in [0, 0.1) is 73.0 Å². The topological polar surface area (TPSA) is 73.4 Å². The molecule has 3 heterocycles. The molecule has 9 fully saturated rings. The fraction of sp³-hybridized carbons (Fsp3) is 0.720. The highest BCUT2D eigenvalue weighted by molar-refractivity contribution is 6.08. The van der Waals surface area contributed by atoms with Crippen molar-refractivity contribution in [2.45, 2.75) is 137 Å². The number of likely N-dealkylation sites (tertiary alicyclic amines) is 1. The fourth-order valence-electron chi connectivity index (χ4n) is 15.6. The SMILES string of the molecule is Cc1cc(C)c(CNC(=O)c2c(C)n(CC3CCN(CCN(CCC45CC6CC(CC(C6)C4)C5)CCC45CC6CC(CC(C6)C4)C5)CC3)c3ccccc23)c(=O)[nH]1. The molecule has 9 aliphatic rings. The van der Waals surface area contributed by atoms with Crippen LogP contribution in [0.3, 0.4) is 0 Å². The zero-order chi connectivity index (χ0) is 38.9. The summed E-state index contributed by atoms with van der Waals surface area (Å²) in [5.41, 5.74) is 6.50. The molecular formula is C50H71N5O2. The quantitative estimate of drug-likeness (QED) is 0.171. The van der Waals surface area contributed by atoms with Gasteiger partial charge in [-0.3, -0.25) is 9.59 Å². The Labute approximate surface area is 342 Å². The lowest BCUT2D eigenvalue weighted by Gasteiger charge is -2.58. The molecule has 0 spiro atoms. The van der Waals surface area contributed by atoms with Gasteiger partial charge in [0.1, 0.15) is 0 Å². The van der Waals surface area contributed by atoms with E-state index in [-0.39, 0.29) is 18.0 Å². The summed E-state index contributed by atoms with van der Waals surface area (Å²) in [5, 5.41) is 4.10. The van der Waals surface area contributed by atoms with Gasteiger partial charge < -0.3 is 24.7 Å². The van der Waals surface area contributed by atoms with Crippen LogP contribution in [0.4, 0.5) is 0 Å². The zero-order valence-corrected chi connectivity index (χ0v) is 35.6. The largest absolute Gasteiger partial charge is 0.348 e. The molecule has 1 amide bonds. The number of carbonyl (C=O) groups is 1. The molecule has 2 aromatic heterocycles. The van der Waals surface area contributed by atoms with Crippen LogP contribution in [-0.2, 0) is 13.1 Å². The minimum Gasteiger partial charge on any atom is -0.348 e. The second-order valence-electron chi connectivity index (χ2n) is 21.7. The van der Waals surface area contributed by atoms with Crippen LogP contribution in [0.5, 0.6) is 0 Å². The third-order valence-corrected chi connectivity index (χ3v) is 17.5. The normalized spacial score (nSPS) is 33.3. The number of benzene rings is 1. The van der Waals surface area contributed by atoms with Gasteiger partial charge in [0.2, 0.25) is 0 Å². The highest BCUT2D eigenvalue weighted by atomic mass is 16.2. The van der Waals surface area contributed by atoms with E-state index < -0.39 is 0 Å². The number of para-hydroxylation sites is 1. The Hall–Kier alpha value is -2.90. The van der Waals surface area contributed by atoms with Gasteiger partial charge >= 0.3 is 0 Å². The van der Waals surface area contributed by atoms with Gasteiger partial charge in [-0.15, -0.1) is 0 Å². The molecule has 8 saturated carbocycles. The molecule has 57 heavy (non-hydrogen) atoms. The van der Waals surface area contributed by atoms with Crippen LogP contribution in [0.1, 0.15) is 136 Å². The van der Waals surface area contributed by atoms with Crippen molar-refractivity contribution in [1.29, 1.82) is 0 Å². The van der Waals surface area contributed by atoms with E-state index in [1.165, 1.54) is 65.0 Å². The summed E-state index contributed by atoms with van der Waals surface area (Å²) >= 11 is 0. The third-order valence-electron chi connectivity index (χ3n) is 17.5. The maximum atomic E-state index is 13.8. The number of aromatic amines is 1. The number of rotatable bonds is 14. The predicted octanol–water partition coefficient (Wildman–Crippen LogP) is 9.41. The summed E-state index contributed by atoms with van der Waals surface area (Å²) < 4.78 is 2.41. The van der Waals surface area contributed by atoms with E-state index in [1.54, 1.807) is 77.0 Å². The van der Waals surface area contributed by atoms with Crippen molar-refractivity contribution in [3.63, 3.8) is 0 Å². The number of aryl methyl sites for hydroxylation is 2. The van der Waals surface area contributed by atoms with Crippen LogP contribution in [-0.4, -0.2) is 64.5 Å². The van der Waals surface area contributed by atoms with E-state index >= 15 is 0 Å². The van der Waals surface area contributed by atoms with Gasteiger partial charge in [-0.1, -0.05) is 18.2 Å². The Kier molecular flexibility index (Phi) is 10.3.